The van der Waals surface area contributed by atoms with Gasteiger partial charge in [0.15, 0.2) is 0 Å². The van der Waals surface area contributed by atoms with Gasteiger partial charge >= 0.3 is 0 Å². The number of rotatable bonds is 2. The summed E-state index contributed by atoms with van der Waals surface area (Å²) >= 11 is 6.19. The molecule has 0 unspecified atom stereocenters. The molecule has 0 aliphatic heterocycles. The Morgan fingerprint density at radius 3 is 1.40 bits per heavy atom. The lowest BCUT2D eigenvalue weighted by Gasteiger charge is -1.95. The van der Waals surface area contributed by atoms with Crippen molar-refractivity contribution >= 4 is 31.9 Å². The first-order valence-corrected chi connectivity index (χ1v) is 5.19. The molecule has 2 nitrogen and oxygen atoms in total. The Labute approximate surface area is 79.9 Å². The van der Waals surface area contributed by atoms with Crippen molar-refractivity contribution in [2.24, 2.45) is 0 Å². The molecular weight excluding hydrogens is 262 g/mol. The fourth-order valence-corrected chi connectivity index (χ4v) is 1.11. The minimum Gasteiger partial charge on any atom is -0.391 e. The SMILES string of the molecule is CN(C)C.OC(CBr)CBr. The first kappa shape index (κ1) is 13.5. The van der Waals surface area contributed by atoms with Crippen molar-refractivity contribution in [1.29, 1.82) is 0 Å². The molecular formula is C6H15Br2NO. The Hall–Kier alpha value is 0.880. The van der Waals surface area contributed by atoms with E-state index in [0.717, 1.165) is 0 Å². The normalized spacial score (nSPS) is 9.60. The molecule has 0 fully saturated rings. The Kier molecular flexibility index (Phi) is 13.3. The topological polar surface area (TPSA) is 23.5 Å². The van der Waals surface area contributed by atoms with Crippen LogP contribution >= 0.6 is 31.9 Å². The van der Waals surface area contributed by atoms with Crippen LogP contribution in [0.2, 0.25) is 0 Å². The predicted octanol–water partition coefficient (Wildman–Crippen LogP) is 1.31. The summed E-state index contributed by atoms with van der Waals surface area (Å²) in [6.45, 7) is 0. The van der Waals surface area contributed by atoms with E-state index in [4.69, 9.17) is 5.11 Å². The Morgan fingerprint density at radius 1 is 1.20 bits per heavy atom. The number of halogens is 2. The second-order valence-corrected chi connectivity index (χ2v) is 3.60. The monoisotopic (exact) mass is 275 g/mol. The number of aliphatic hydroxyl groups is 1. The van der Waals surface area contributed by atoms with Gasteiger partial charge in [0, 0.05) is 10.7 Å². The van der Waals surface area contributed by atoms with Gasteiger partial charge in [-0.2, -0.15) is 0 Å². The molecule has 0 saturated heterocycles. The van der Waals surface area contributed by atoms with E-state index >= 15 is 0 Å². The average molecular weight is 277 g/mol. The zero-order valence-corrected chi connectivity index (χ0v) is 9.81. The maximum atomic E-state index is 8.57. The third-order valence-corrected chi connectivity index (χ3v) is 1.85. The predicted molar refractivity (Wildman–Crippen MR) is 53.2 cm³/mol. The van der Waals surface area contributed by atoms with Gasteiger partial charge in [0.25, 0.3) is 0 Å². The second kappa shape index (κ2) is 9.88. The van der Waals surface area contributed by atoms with Crippen molar-refractivity contribution in [3.8, 4) is 0 Å². The van der Waals surface area contributed by atoms with Crippen molar-refractivity contribution < 1.29 is 5.11 Å². The molecule has 0 spiro atoms. The summed E-state index contributed by atoms with van der Waals surface area (Å²) in [6, 6.07) is 0. The lowest BCUT2D eigenvalue weighted by Crippen LogP contribution is -2.07. The third kappa shape index (κ3) is 23.2. The largest absolute Gasteiger partial charge is 0.391 e. The zero-order valence-electron chi connectivity index (χ0n) is 6.64. The van der Waals surface area contributed by atoms with Gasteiger partial charge in [-0.3, -0.25) is 0 Å². The summed E-state index contributed by atoms with van der Waals surface area (Å²) in [6.07, 6.45) is -0.231. The smallest absolute Gasteiger partial charge is 0.0733 e. The van der Waals surface area contributed by atoms with Crippen molar-refractivity contribution in [3.63, 3.8) is 0 Å². The highest BCUT2D eigenvalue weighted by Gasteiger charge is 1.93. The molecule has 0 rings (SSSR count). The van der Waals surface area contributed by atoms with E-state index in [9.17, 15) is 0 Å². The lowest BCUT2D eigenvalue weighted by atomic mass is 10.5. The van der Waals surface area contributed by atoms with Crippen LogP contribution in [0.1, 0.15) is 0 Å². The fraction of sp³-hybridized carbons (Fsp3) is 1.00. The van der Waals surface area contributed by atoms with E-state index in [1.165, 1.54) is 0 Å². The van der Waals surface area contributed by atoms with Gasteiger partial charge in [0.1, 0.15) is 0 Å². The highest BCUT2D eigenvalue weighted by atomic mass is 79.9. The second-order valence-electron chi connectivity index (χ2n) is 2.30. The van der Waals surface area contributed by atoms with E-state index < -0.39 is 0 Å². The van der Waals surface area contributed by atoms with Gasteiger partial charge in [-0.25, -0.2) is 0 Å². The maximum absolute atomic E-state index is 8.57. The van der Waals surface area contributed by atoms with Crippen LogP contribution in [0.4, 0.5) is 0 Å². The van der Waals surface area contributed by atoms with E-state index in [-0.39, 0.29) is 6.10 Å². The first-order valence-electron chi connectivity index (χ1n) is 2.95. The lowest BCUT2D eigenvalue weighted by molar-refractivity contribution is 0.227. The molecule has 0 aromatic heterocycles. The van der Waals surface area contributed by atoms with Crippen LogP contribution in [0, 0.1) is 0 Å². The summed E-state index contributed by atoms with van der Waals surface area (Å²) in [5, 5.41) is 9.88. The maximum Gasteiger partial charge on any atom is 0.0733 e. The minimum atomic E-state index is -0.231. The summed E-state index contributed by atoms with van der Waals surface area (Å²) in [7, 11) is 6.00. The summed E-state index contributed by atoms with van der Waals surface area (Å²) in [5.74, 6) is 0. The quantitative estimate of drug-likeness (QED) is 0.769. The molecule has 0 aromatic rings. The number of nitrogens with zero attached hydrogens (tertiary/aromatic N) is 1. The molecule has 0 aliphatic carbocycles. The molecule has 0 aromatic carbocycles. The fourth-order valence-electron chi connectivity index (χ4n) is 0.0412. The number of hydrogen-bond acceptors (Lipinski definition) is 2. The van der Waals surface area contributed by atoms with Gasteiger partial charge in [-0.05, 0) is 21.1 Å². The van der Waals surface area contributed by atoms with Crippen molar-refractivity contribution in [1.82, 2.24) is 4.90 Å². The molecule has 0 bridgehead atoms. The van der Waals surface area contributed by atoms with Crippen LogP contribution < -0.4 is 0 Å². The molecule has 0 heterocycles. The molecule has 10 heavy (non-hydrogen) atoms. The number of alkyl halides is 2. The van der Waals surface area contributed by atoms with Crippen LogP contribution in [0.3, 0.4) is 0 Å². The minimum absolute atomic E-state index is 0.231. The van der Waals surface area contributed by atoms with Crippen LogP contribution in [-0.4, -0.2) is 47.9 Å². The molecule has 64 valence electrons. The zero-order chi connectivity index (χ0) is 8.57. The van der Waals surface area contributed by atoms with E-state index in [2.05, 4.69) is 31.9 Å². The van der Waals surface area contributed by atoms with E-state index in [1.807, 2.05) is 26.0 Å². The third-order valence-electron chi connectivity index (χ3n) is 0.356. The molecule has 0 radical (unpaired) electrons. The van der Waals surface area contributed by atoms with Gasteiger partial charge in [-0.1, -0.05) is 31.9 Å². The van der Waals surface area contributed by atoms with E-state index in [0.29, 0.717) is 10.7 Å². The van der Waals surface area contributed by atoms with Crippen molar-refractivity contribution in [2.45, 2.75) is 6.10 Å². The highest BCUT2D eigenvalue weighted by molar-refractivity contribution is 9.09. The van der Waals surface area contributed by atoms with Crippen LogP contribution in [0.25, 0.3) is 0 Å². The first-order chi connectivity index (χ1) is 4.54. The Morgan fingerprint density at radius 2 is 1.40 bits per heavy atom. The van der Waals surface area contributed by atoms with Crippen molar-refractivity contribution in [2.75, 3.05) is 31.8 Å². The molecule has 0 aliphatic rings. The van der Waals surface area contributed by atoms with Crippen LogP contribution in [0.5, 0.6) is 0 Å². The molecule has 1 N–H and O–H groups in total. The molecule has 0 saturated carbocycles. The van der Waals surface area contributed by atoms with Crippen molar-refractivity contribution in [3.05, 3.63) is 0 Å². The standard InChI is InChI=1S/C3H6Br2O.C3H9N/c4-1-3(6)2-5;1-4(2)3/h3,6H,1-2H2;1-3H3. The Bertz CT molecular complexity index is 55.0. The van der Waals surface area contributed by atoms with Crippen LogP contribution in [-0.2, 0) is 0 Å². The van der Waals surface area contributed by atoms with Crippen LogP contribution in [0.15, 0.2) is 0 Å². The Balaban J connectivity index is 0. The molecule has 0 atom stereocenters. The average Bonchev–Trinajstić information content (AvgIpc) is 1.85. The van der Waals surface area contributed by atoms with Gasteiger partial charge in [0.05, 0.1) is 6.10 Å². The van der Waals surface area contributed by atoms with Gasteiger partial charge in [-0.15, -0.1) is 0 Å². The summed E-state index contributed by atoms with van der Waals surface area (Å²) < 4.78 is 0. The van der Waals surface area contributed by atoms with Gasteiger partial charge < -0.3 is 10.0 Å². The number of hydrogen-bond donors (Lipinski definition) is 1. The van der Waals surface area contributed by atoms with Gasteiger partial charge in [0.2, 0.25) is 0 Å². The summed E-state index contributed by atoms with van der Waals surface area (Å²) in [4.78, 5) is 2.00. The highest BCUT2D eigenvalue weighted by Crippen LogP contribution is 1.92. The summed E-state index contributed by atoms with van der Waals surface area (Å²) in [5.41, 5.74) is 0. The molecule has 4 heteroatoms. The van der Waals surface area contributed by atoms with E-state index in [1.54, 1.807) is 0 Å². The molecule has 0 amide bonds. The number of aliphatic hydroxyl groups excluding tert-OH is 1.